The molecule has 2 aromatic heterocycles. The average molecular weight is 799 g/mol. The molecule has 16 heteroatoms. The van der Waals surface area contributed by atoms with E-state index in [4.69, 9.17) is 39.9 Å². The summed E-state index contributed by atoms with van der Waals surface area (Å²) in [6.45, 7) is 12.3. The third-order valence-corrected chi connectivity index (χ3v) is 8.60. The lowest BCUT2D eigenvalue weighted by Gasteiger charge is -2.19. The number of primary amides is 2. The van der Waals surface area contributed by atoms with Gasteiger partial charge in [0.15, 0.2) is 38.2 Å². The maximum absolute atomic E-state index is 13.2. The Kier molecular flexibility index (Phi) is 12.2. The number of hydrogen-bond donors (Lipinski definition) is 2. The molecule has 16 nitrogen and oxygen atoms in total. The van der Waals surface area contributed by atoms with Gasteiger partial charge in [-0.05, 0) is 91.8 Å². The first-order valence-corrected chi connectivity index (χ1v) is 18.1. The van der Waals surface area contributed by atoms with Gasteiger partial charge in [0, 0.05) is 11.4 Å². The Bertz CT molecular complexity index is 2280. The van der Waals surface area contributed by atoms with Crippen LogP contribution in [0.4, 0.5) is 0 Å². The molecule has 2 heterocycles. The lowest BCUT2D eigenvalue weighted by atomic mass is 10.1. The number of ether oxygens (including phenoxy) is 6. The molecule has 0 spiro atoms. The number of para-hydroxylation sites is 2. The molecule has 306 valence electrons. The fraction of sp³-hybridized carbons (Fsp3) is 0.333. The molecule has 0 saturated heterocycles. The first-order valence-electron chi connectivity index (χ1n) is 18.1. The van der Waals surface area contributed by atoms with Crippen molar-refractivity contribution in [3.05, 3.63) is 83.2 Å². The summed E-state index contributed by atoms with van der Waals surface area (Å²) in [6, 6.07) is 16.6. The summed E-state index contributed by atoms with van der Waals surface area (Å²) in [7, 11) is 0. The minimum atomic E-state index is -1.18. The molecule has 0 aliphatic rings. The van der Waals surface area contributed by atoms with E-state index in [9.17, 15) is 28.8 Å². The summed E-state index contributed by atoms with van der Waals surface area (Å²) < 4.78 is 38.1. The minimum absolute atomic E-state index is 0.0128. The second-order valence-electron chi connectivity index (χ2n) is 15.2. The highest BCUT2D eigenvalue weighted by Gasteiger charge is 2.29. The Labute approximate surface area is 333 Å². The number of aromatic nitrogens is 2. The standard InChI is InChI=1S/C42H46N4O12/c1-23-33(37(49)39(43)51)35-25(13-11-17-29(35)53-19-31(47)57-41(3,4)5)45(23)21-55-27-15-9-10-16-28(27)56-22-46-24(2)34(38(50)40(44)52)36-26(46)14-12-18-30(36)54-20-32(48)58-42(6,7)8/h9-18H,19-22H2,1-8H3,(H2,43,51)(H2,44,52). The van der Waals surface area contributed by atoms with Crippen LogP contribution in [0.3, 0.4) is 0 Å². The first kappa shape index (κ1) is 42.3. The Morgan fingerprint density at radius 3 is 1.19 bits per heavy atom. The van der Waals surface area contributed by atoms with Crippen molar-refractivity contribution in [3.63, 3.8) is 0 Å². The number of rotatable bonds is 16. The van der Waals surface area contributed by atoms with E-state index in [2.05, 4.69) is 0 Å². The fourth-order valence-corrected chi connectivity index (χ4v) is 6.33. The molecular formula is C42H46N4O12. The van der Waals surface area contributed by atoms with Gasteiger partial charge in [-0.15, -0.1) is 0 Å². The Morgan fingerprint density at radius 2 is 0.862 bits per heavy atom. The highest BCUT2D eigenvalue weighted by molar-refractivity contribution is 6.45. The van der Waals surface area contributed by atoms with Gasteiger partial charge in [-0.1, -0.05) is 24.3 Å². The normalized spacial score (nSPS) is 11.6. The number of benzene rings is 3. The van der Waals surface area contributed by atoms with E-state index in [0.29, 0.717) is 22.4 Å². The Morgan fingerprint density at radius 1 is 0.517 bits per heavy atom. The summed E-state index contributed by atoms with van der Waals surface area (Å²) >= 11 is 0. The van der Waals surface area contributed by atoms with Crippen LogP contribution in [0.1, 0.15) is 73.6 Å². The molecule has 0 fully saturated rings. The van der Waals surface area contributed by atoms with Crippen molar-refractivity contribution < 1.29 is 57.2 Å². The summed E-state index contributed by atoms with van der Waals surface area (Å²) in [5.41, 5.74) is 11.0. The second kappa shape index (κ2) is 16.7. The number of Topliss-reactive ketones (excluding diaryl/α,β-unsaturated/α-hetero) is 2. The first-order chi connectivity index (χ1) is 27.2. The zero-order chi connectivity index (χ0) is 42.7. The van der Waals surface area contributed by atoms with Crippen LogP contribution in [0.2, 0.25) is 0 Å². The van der Waals surface area contributed by atoms with Crippen LogP contribution in [0.15, 0.2) is 60.7 Å². The van der Waals surface area contributed by atoms with Gasteiger partial charge in [0.2, 0.25) is 0 Å². The van der Waals surface area contributed by atoms with Crippen molar-refractivity contribution in [2.24, 2.45) is 11.5 Å². The van der Waals surface area contributed by atoms with Crippen LogP contribution in [-0.4, -0.2) is 68.9 Å². The lowest BCUT2D eigenvalue weighted by Crippen LogP contribution is -2.27. The van der Waals surface area contributed by atoms with Crippen molar-refractivity contribution >= 4 is 57.1 Å². The van der Waals surface area contributed by atoms with Gasteiger partial charge in [-0.25, -0.2) is 9.59 Å². The fourth-order valence-electron chi connectivity index (χ4n) is 6.33. The third kappa shape index (κ3) is 9.40. The van der Waals surface area contributed by atoms with Gasteiger partial charge in [-0.2, -0.15) is 0 Å². The van der Waals surface area contributed by atoms with Crippen LogP contribution in [0, 0.1) is 13.8 Å². The van der Waals surface area contributed by atoms with Crippen molar-refractivity contribution in [3.8, 4) is 23.0 Å². The predicted molar refractivity (Wildman–Crippen MR) is 211 cm³/mol. The van der Waals surface area contributed by atoms with Gasteiger partial charge in [-0.3, -0.25) is 19.2 Å². The maximum atomic E-state index is 13.2. The molecule has 0 radical (unpaired) electrons. The molecule has 5 aromatic rings. The molecule has 0 unspecified atom stereocenters. The van der Waals surface area contributed by atoms with Gasteiger partial charge in [0.25, 0.3) is 23.4 Å². The van der Waals surface area contributed by atoms with Crippen LogP contribution in [-0.2, 0) is 42.1 Å². The van der Waals surface area contributed by atoms with E-state index in [1.54, 1.807) is 125 Å². The third-order valence-electron chi connectivity index (χ3n) is 8.60. The van der Waals surface area contributed by atoms with E-state index in [0.717, 1.165) is 0 Å². The second-order valence-corrected chi connectivity index (χ2v) is 15.2. The van der Waals surface area contributed by atoms with Crippen molar-refractivity contribution in [1.29, 1.82) is 0 Å². The Balaban J connectivity index is 1.45. The number of nitrogens with zero attached hydrogens (tertiary/aromatic N) is 2. The summed E-state index contributed by atoms with van der Waals surface area (Å²) in [4.78, 5) is 75.7. The molecular weight excluding hydrogens is 752 g/mol. The average Bonchev–Trinajstić information content (AvgIpc) is 3.58. The summed E-state index contributed by atoms with van der Waals surface area (Å²) in [6.07, 6.45) is 0. The number of esters is 2. The minimum Gasteiger partial charge on any atom is -0.481 e. The highest BCUT2D eigenvalue weighted by atomic mass is 16.6. The number of amides is 2. The quantitative estimate of drug-likeness (QED) is 0.0760. The zero-order valence-corrected chi connectivity index (χ0v) is 33.6. The molecule has 2 amide bonds. The number of hydrogen-bond acceptors (Lipinski definition) is 12. The van der Waals surface area contributed by atoms with Gasteiger partial charge < -0.3 is 49.0 Å². The number of ketones is 2. The molecule has 0 atom stereocenters. The molecule has 0 saturated carbocycles. The summed E-state index contributed by atoms with van der Waals surface area (Å²) in [5, 5.41) is 0.512. The monoisotopic (exact) mass is 798 g/mol. The van der Waals surface area contributed by atoms with Crippen LogP contribution >= 0.6 is 0 Å². The molecule has 58 heavy (non-hydrogen) atoms. The van der Waals surface area contributed by atoms with Gasteiger partial charge >= 0.3 is 11.9 Å². The van der Waals surface area contributed by atoms with Crippen molar-refractivity contribution in [1.82, 2.24) is 9.13 Å². The molecule has 0 bridgehead atoms. The van der Waals surface area contributed by atoms with Gasteiger partial charge in [0.1, 0.15) is 22.7 Å². The molecule has 0 aliphatic heterocycles. The zero-order valence-electron chi connectivity index (χ0n) is 33.6. The molecule has 4 N–H and O–H groups in total. The van der Waals surface area contributed by atoms with Crippen LogP contribution in [0.25, 0.3) is 21.8 Å². The van der Waals surface area contributed by atoms with Crippen LogP contribution < -0.4 is 30.4 Å². The van der Waals surface area contributed by atoms with E-state index < -0.39 is 59.7 Å². The Hall–Kier alpha value is -6.84. The van der Waals surface area contributed by atoms with E-state index >= 15 is 0 Å². The molecule has 3 aromatic carbocycles. The number of carbonyl (C=O) groups is 6. The van der Waals surface area contributed by atoms with E-state index in [1.165, 1.54) is 0 Å². The number of nitrogens with two attached hydrogens (primary N) is 2. The largest absolute Gasteiger partial charge is 0.481 e. The van der Waals surface area contributed by atoms with Crippen LogP contribution in [0.5, 0.6) is 23.0 Å². The SMILES string of the molecule is Cc1c(C(=O)C(N)=O)c2c(OCC(=O)OC(C)(C)C)cccc2n1COc1ccccc1OCn1c(C)c(C(=O)C(N)=O)c2c(OCC(=O)OC(C)(C)C)cccc21. The smallest absolute Gasteiger partial charge is 0.344 e. The van der Waals surface area contributed by atoms with Crippen molar-refractivity contribution in [2.75, 3.05) is 13.2 Å². The van der Waals surface area contributed by atoms with E-state index in [-0.39, 0.29) is 58.4 Å². The van der Waals surface area contributed by atoms with E-state index in [1.807, 2.05) is 0 Å². The summed E-state index contributed by atoms with van der Waals surface area (Å²) in [5.74, 6) is -4.66. The number of fused-ring (bicyclic) bond motifs is 2. The highest BCUT2D eigenvalue weighted by Crippen LogP contribution is 2.37. The van der Waals surface area contributed by atoms with Crippen molar-refractivity contribution in [2.45, 2.75) is 80.1 Å². The molecule has 0 aliphatic carbocycles. The lowest BCUT2D eigenvalue weighted by molar-refractivity contribution is -0.158. The van der Waals surface area contributed by atoms with Gasteiger partial charge in [0.05, 0.1) is 32.9 Å². The topological polar surface area (TPSA) is 220 Å². The number of carbonyl (C=O) groups excluding carboxylic acids is 6. The maximum Gasteiger partial charge on any atom is 0.344 e. The predicted octanol–water partition coefficient (Wildman–Crippen LogP) is 5.06. The molecule has 5 rings (SSSR count).